The van der Waals surface area contributed by atoms with E-state index in [0.717, 1.165) is 0 Å². The van der Waals surface area contributed by atoms with Gasteiger partial charge in [0.15, 0.2) is 28.8 Å². The van der Waals surface area contributed by atoms with Crippen LogP contribution in [-0.2, 0) is 0 Å². The molecule has 0 saturated heterocycles. The molecule has 2 rings (SSSR count). The lowest BCUT2D eigenvalue weighted by Gasteiger charge is -2.10. The Morgan fingerprint density at radius 2 is 1.50 bits per heavy atom. The molecule has 0 amide bonds. The molecule has 2 aromatic carbocycles. The van der Waals surface area contributed by atoms with Crippen LogP contribution in [0.1, 0.15) is 15.9 Å². The van der Waals surface area contributed by atoms with E-state index in [1.165, 1.54) is 39.5 Å². The monoisotopic (exact) mass is 364 g/mol. The van der Waals surface area contributed by atoms with Gasteiger partial charge in [-0.1, -0.05) is 12.1 Å². The first-order valence-corrected chi connectivity index (χ1v) is 7.55. The molecule has 0 spiro atoms. The number of ether oxygens (including phenoxy) is 4. The van der Waals surface area contributed by atoms with Gasteiger partial charge in [0, 0.05) is 5.56 Å². The average molecular weight is 364 g/mol. The number of hydrogen-bond donors (Lipinski definition) is 0. The molecule has 0 N–H and O–H groups in total. The Labute approximate surface area is 149 Å². The molecule has 0 aliphatic heterocycles. The highest BCUT2D eigenvalue weighted by atomic mass is 19.3. The van der Waals surface area contributed by atoms with Crippen LogP contribution in [0.2, 0.25) is 0 Å². The zero-order chi connectivity index (χ0) is 19.1. The zero-order valence-corrected chi connectivity index (χ0v) is 14.5. The van der Waals surface area contributed by atoms with Gasteiger partial charge in [0.2, 0.25) is 0 Å². The maximum Gasteiger partial charge on any atom is 0.387 e. The predicted molar refractivity (Wildman–Crippen MR) is 92.5 cm³/mol. The van der Waals surface area contributed by atoms with E-state index in [1.54, 1.807) is 30.3 Å². The van der Waals surface area contributed by atoms with E-state index in [2.05, 4.69) is 4.74 Å². The molecular weight excluding hydrogens is 346 g/mol. The third-order valence-electron chi connectivity index (χ3n) is 3.50. The van der Waals surface area contributed by atoms with Crippen molar-refractivity contribution in [1.82, 2.24) is 0 Å². The van der Waals surface area contributed by atoms with Crippen molar-refractivity contribution in [1.29, 1.82) is 0 Å². The third-order valence-corrected chi connectivity index (χ3v) is 3.50. The van der Waals surface area contributed by atoms with E-state index in [0.29, 0.717) is 22.6 Å². The number of allylic oxidation sites excluding steroid dienone is 1. The molecule has 138 valence electrons. The number of halogens is 2. The van der Waals surface area contributed by atoms with Crippen molar-refractivity contribution in [3.8, 4) is 23.0 Å². The quantitative estimate of drug-likeness (QED) is 0.519. The van der Waals surface area contributed by atoms with Crippen LogP contribution in [0.15, 0.2) is 42.5 Å². The van der Waals surface area contributed by atoms with E-state index in [-0.39, 0.29) is 17.3 Å². The van der Waals surface area contributed by atoms with Gasteiger partial charge in [0.25, 0.3) is 0 Å². The molecule has 7 heteroatoms. The molecule has 5 nitrogen and oxygen atoms in total. The summed E-state index contributed by atoms with van der Waals surface area (Å²) in [6, 6.07) is 9.22. The molecule has 0 radical (unpaired) electrons. The summed E-state index contributed by atoms with van der Waals surface area (Å²) in [6.07, 6.45) is 2.91. The second kappa shape index (κ2) is 8.84. The Morgan fingerprint density at radius 3 is 2.12 bits per heavy atom. The van der Waals surface area contributed by atoms with Crippen molar-refractivity contribution in [3.63, 3.8) is 0 Å². The van der Waals surface area contributed by atoms with Crippen molar-refractivity contribution in [3.05, 3.63) is 53.6 Å². The van der Waals surface area contributed by atoms with Crippen molar-refractivity contribution < 1.29 is 32.5 Å². The maximum absolute atomic E-state index is 12.3. The molecule has 0 aliphatic rings. The molecular formula is C19H18F2O5. The van der Waals surface area contributed by atoms with Gasteiger partial charge in [-0.15, -0.1) is 0 Å². The standard InChI is InChI=1S/C19H18F2O5/c1-23-15-9-6-13(11-18(15)25-3)14(22)7-4-12-5-8-16(26-19(20)21)17(10-12)24-2/h4-11,19H,1-3H3. The lowest BCUT2D eigenvalue weighted by atomic mass is 10.1. The first kappa shape index (κ1) is 19.2. The van der Waals surface area contributed by atoms with Gasteiger partial charge < -0.3 is 18.9 Å². The Kier molecular flexibility index (Phi) is 6.54. The van der Waals surface area contributed by atoms with Crippen molar-refractivity contribution >= 4 is 11.9 Å². The van der Waals surface area contributed by atoms with E-state index in [9.17, 15) is 13.6 Å². The second-order valence-electron chi connectivity index (χ2n) is 5.06. The number of carbonyl (C=O) groups is 1. The molecule has 0 saturated carbocycles. The van der Waals surface area contributed by atoms with Gasteiger partial charge in [-0.3, -0.25) is 4.79 Å². The fourth-order valence-corrected chi connectivity index (χ4v) is 2.24. The predicted octanol–water partition coefficient (Wildman–Crippen LogP) is 4.21. The van der Waals surface area contributed by atoms with E-state index in [1.807, 2.05) is 0 Å². The number of methoxy groups -OCH3 is 3. The maximum atomic E-state index is 12.3. The van der Waals surface area contributed by atoms with Crippen LogP contribution in [0.3, 0.4) is 0 Å². The van der Waals surface area contributed by atoms with Gasteiger partial charge in [0.1, 0.15) is 0 Å². The highest BCUT2D eigenvalue weighted by Crippen LogP contribution is 2.30. The number of alkyl halides is 2. The minimum Gasteiger partial charge on any atom is -0.493 e. The van der Waals surface area contributed by atoms with Crippen LogP contribution in [0.4, 0.5) is 8.78 Å². The number of benzene rings is 2. The highest BCUT2D eigenvalue weighted by molar-refractivity contribution is 6.07. The summed E-state index contributed by atoms with van der Waals surface area (Å²) in [5.41, 5.74) is 1.01. The smallest absolute Gasteiger partial charge is 0.387 e. The SMILES string of the molecule is COc1ccc(C(=O)C=Cc2ccc(OC(F)F)c(OC)c2)cc1OC. The van der Waals surface area contributed by atoms with E-state index >= 15 is 0 Å². The van der Waals surface area contributed by atoms with E-state index in [4.69, 9.17) is 14.2 Å². The molecule has 0 unspecified atom stereocenters. The van der Waals surface area contributed by atoms with Crippen molar-refractivity contribution in [2.45, 2.75) is 6.61 Å². The molecule has 0 fully saturated rings. The second-order valence-corrected chi connectivity index (χ2v) is 5.06. The molecule has 26 heavy (non-hydrogen) atoms. The summed E-state index contributed by atoms with van der Waals surface area (Å²) in [5.74, 6) is 0.781. The molecule has 0 heterocycles. The number of rotatable bonds is 8. The zero-order valence-electron chi connectivity index (χ0n) is 14.5. The Bertz CT molecular complexity index is 803. The summed E-state index contributed by atoms with van der Waals surface area (Å²) in [4.78, 5) is 12.3. The summed E-state index contributed by atoms with van der Waals surface area (Å²) < 4.78 is 44.4. The lowest BCUT2D eigenvalue weighted by Crippen LogP contribution is -2.03. The van der Waals surface area contributed by atoms with Crippen LogP contribution >= 0.6 is 0 Å². The molecule has 2 aromatic rings. The number of hydrogen-bond acceptors (Lipinski definition) is 5. The molecule has 0 aromatic heterocycles. The Balaban J connectivity index is 2.20. The fraction of sp³-hybridized carbons (Fsp3) is 0.211. The van der Waals surface area contributed by atoms with Crippen LogP contribution < -0.4 is 18.9 Å². The van der Waals surface area contributed by atoms with Crippen LogP contribution in [-0.4, -0.2) is 33.7 Å². The van der Waals surface area contributed by atoms with E-state index < -0.39 is 6.61 Å². The number of carbonyl (C=O) groups excluding carboxylic acids is 1. The molecule has 0 aliphatic carbocycles. The van der Waals surface area contributed by atoms with Gasteiger partial charge in [-0.2, -0.15) is 8.78 Å². The van der Waals surface area contributed by atoms with Crippen molar-refractivity contribution in [2.75, 3.05) is 21.3 Å². The van der Waals surface area contributed by atoms with Crippen LogP contribution in [0.25, 0.3) is 6.08 Å². The van der Waals surface area contributed by atoms with Gasteiger partial charge >= 0.3 is 6.61 Å². The van der Waals surface area contributed by atoms with Crippen molar-refractivity contribution in [2.24, 2.45) is 0 Å². The lowest BCUT2D eigenvalue weighted by molar-refractivity contribution is -0.0512. The first-order valence-electron chi connectivity index (χ1n) is 7.55. The Morgan fingerprint density at radius 1 is 0.885 bits per heavy atom. The molecule has 0 atom stereocenters. The van der Waals surface area contributed by atoms with Gasteiger partial charge in [-0.05, 0) is 42.0 Å². The average Bonchev–Trinajstić information content (AvgIpc) is 2.65. The normalized spacial score (nSPS) is 10.8. The first-order chi connectivity index (χ1) is 12.5. The summed E-state index contributed by atoms with van der Waals surface area (Å²) in [5, 5.41) is 0. The van der Waals surface area contributed by atoms with Gasteiger partial charge in [-0.25, -0.2) is 0 Å². The summed E-state index contributed by atoms with van der Waals surface area (Å²) in [6.45, 7) is -2.95. The van der Waals surface area contributed by atoms with Crippen LogP contribution in [0.5, 0.6) is 23.0 Å². The highest BCUT2D eigenvalue weighted by Gasteiger charge is 2.11. The Hall–Kier alpha value is -3.09. The minimum atomic E-state index is -2.95. The largest absolute Gasteiger partial charge is 0.493 e. The summed E-state index contributed by atoms with van der Waals surface area (Å²) >= 11 is 0. The minimum absolute atomic E-state index is 0.0779. The fourth-order valence-electron chi connectivity index (χ4n) is 2.24. The summed E-state index contributed by atoms with van der Waals surface area (Å²) in [7, 11) is 4.33. The third kappa shape index (κ3) is 4.72. The van der Waals surface area contributed by atoms with Crippen LogP contribution in [0, 0.1) is 0 Å². The molecule has 0 bridgehead atoms. The topological polar surface area (TPSA) is 54.0 Å². The van der Waals surface area contributed by atoms with Gasteiger partial charge in [0.05, 0.1) is 21.3 Å². The number of ketones is 1.